The summed E-state index contributed by atoms with van der Waals surface area (Å²) in [6, 6.07) is 0. The highest BCUT2D eigenvalue weighted by atomic mass is 14.6. The van der Waals surface area contributed by atoms with Gasteiger partial charge in [-0.2, -0.15) is 0 Å². The van der Waals surface area contributed by atoms with E-state index in [0.29, 0.717) is 0 Å². The summed E-state index contributed by atoms with van der Waals surface area (Å²) in [5.74, 6) is 20.6. The number of rotatable bonds is 3. The molecule has 10 aliphatic carbocycles. The van der Waals surface area contributed by atoms with Gasteiger partial charge in [-0.05, 0) is 222 Å². The van der Waals surface area contributed by atoms with E-state index in [-0.39, 0.29) is 0 Å². The van der Waals surface area contributed by atoms with Crippen molar-refractivity contribution >= 4 is 0 Å². The molecule has 0 N–H and O–H groups in total. The number of hydrogen-bond acceptors (Lipinski definition) is 0. The van der Waals surface area contributed by atoms with Gasteiger partial charge in [0.15, 0.2) is 0 Å². The summed E-state index contributed by atoms with van der Waals surface area (Å²) in [4.78, 5) is 0. The predicted octanol–water partition coefficient (Wildman–Crippen LogP) is 12.7. The average molecular weight is 613 g/mol. The van der Waals surface area contributed by atoms with Crippen LogP contribution in [-0.2, 0) is 0 Å². The molecule has 0 heterocycles. The zero-order valence-corrected chi connectivity index (χ0v) is 29.5. The molecule has 0 aliphatic heterocycles. The van der Waals surface area contributed by atoms with Crippen LogP contribution in [0.1, 0.15) is 173 Å². The highest BCUT2D eigenvalue weighted by Gasteiger charge is 2.56. The van der Waals surface area contributed by atoms with Gasteiger partial charge in [0.25, 0.3) is 0 Å². The molecular formula is C45H72. The fourth-order valence-corrected chi connectivity index (χ4v) is 18.2. The Morgan fingerprint density at radius 3 is 0.800 bits per heavy atom. The maximum Gasteiger partial charge on any atom is -0.0321 e. The summed E-state index contributed by atoms with van der Waals surface area (Å²) in [5.41, 5.74) is 0. The van der Waals surface area contributed by atoms with E-state index in [1.54, 1.807) is 173 Å². The summed E-state index contributed by atoms with van der Waals surface area (Å²) in [7, 11) is 0. The molecule has 0 aromatic heterocycles. The maximum absolute atomic E-state index is 1.65. The normalized spacial score (nSPS) is 57.6. The molecule has 10 rings (SSSR count). The summed E-state index contributed by atoms with van der Waals surface area (Å²) >= 11 is 0. The van der Waals surface area contributed by atoms with Crippen molar-refractivity contribution in [2.45, 2.75) is 173 Å². The predicted molar refractivity (Wildman–Crippen MR) is 187 cm³/mol. The molecule has 10 saturated carbocycles. The van der Waals surface area contributed by atoms with Crippen LogP contribution in [0.15, 0.2) is 0 Å². The largest absolute Gasteiger partial charge is 0.0528 e. The molecule has 10 fully saturated rings. The van der Waals surface area contributed by atoms with Crippen LogP contribution in [0.25, 0.3) is 0 Å². The first-order chi connectivity index (χ1) is 22.3. The second-order valence-electron chi connectivity index (χ2n) is 20.6. The second-order valence-corrected chi connectivity index (χ2v) is 20.6. The van der Waals surface area contributed by atoms with Gasteiger partial charge in [0.05, 0.1) is 0 Å². The number of hydrogen-bond donors (Lipinski definition) is 0. The minimum absolute atomic E-state index is 1.11. The van der Waals surface area contributed by atoms with Crippen LogP contribution >= 0.6 is 0 Å². The van der Waals surface area contributed by atoms with Gasteiger partial charge in [-0.3, -0.25) is 0 Å². The molecular weight excluding hydrogens is 540 g/mol. The molecule has 10 aliphatic rings. The van der Waals surface area contributed by atoms with Gasteiger partial charge in [-0.15, -0.1) is 0 Å². The van der Waals surface area contributed by atoms with E-state index in [0.717, 1.165) is 82.9 Å². The third-order valence-corrected chi connectivity index (χ3v) is 19.6. The fourth-order valence-electron chi connectivity index (χ4n) is 18.2. The second kappa shape index (κ2) is 12.4. The first kappa shape index (κ1) is 29.9. The van der Waals surface area contributed by atoms with Crippen LogP contribution in [-0.4, -0.2) is 0 Å². The first-order valence-corrected chi connectivity index (χ1v) is 22.3. The lowest BCUT2D eigenvalue weighted by molar-refractivity contribution is -0.110. The molecule has 252 valence electrons. The lowest BCUT2D eigenvalue weighted by atomic mass is 9.45. The minimum atomic E-state index is 1.11. The summed E-state index contributed by atoms with van der Waals surface area (Å²) in [6.45, 7) is 0. The molecule has 0 radical (unpaired) electrons. The van der Waals surface area contributed by atoms with Crippen molar-refractivity contribution in [1.82, 2.24) is 0 Å². The van der Waals surface area contributed by atoms with Crippen LogP contribution < -0.4 is 0 Å². The zero-order chi connectivity index (χ0) is 29.5. The monoisotopic (exact) mass is 613 g/mol. The van der Waals surface area contributed by atoms with Crippen molar-refractivity contribution in [2.24, 2.45) is 107 Å². The Morgan fingerprint density at radius 2 is 0.400 bits per heavy atom. The molecule has 0 nitrogen and oxygen atoms in total. The van der Waals surface area contributed by atoms with E-state index in [9.17, 15) is 0 Å². The van der Waals surface area contributed by atoms with Crippen molar-refractivity contribution in [2.75, 3.05) is 0 Å². The Balaban J connectivity index is 0.753. The van der Waals surface area contributed by atoms with Crippen molar-refractivity contribution in [3.8, 4) is 0 Å². The topological polar surface area (TPSA) is 0 Å². The van der Waals surface area contributed by atoms with Crippen LogP contribution in [0.2, 0.25) is 0 Å². The first-order valence-electron chi connectivity index (χ1n) is 22.3. The van der Waals surface area contributed by atoms with E-state index in [1.165, 1.54) is 23.7 Å². The van der Waals surface area contributed by atoms with Gasteiger partial charge in [0.1, 0.15) is 0 Å². The van der Waals surface area contributed by atoms with E-state index in [4.69, 9.17) is 0 Å². The maximum atomic E-state index is 1.65. The third-order valence-electron chi connectivity index (χ3n) is 19.6. The minimum Gasteiger partial charge on any atom is -0.0528 e. The molecule has 0 saturated heterocycles. The van der Waals surface area contributed by atoms with Crippen LogP contribution in [0.4, 0.5) is 0 Å². The van der Waals surface area contributed by atoms with Gasteiger partial charge in [0, 0.05) is 0 Å². The van der Waals surface area contributed by atoms with E-state index < -0.39 is 0 Å². The standard InChI is InChI=1S/C45H72/c1-4-32-5-2-9-36-20-24-38(40-26-22-34(7-1)42(32)44(36)40)30-14-10-28(11-15-30)29-12-16-31(17-13-29)39-25-21-37-19-18-33-6-3-8-35-23-27-41(39)45(37)43(33)35/h28-45H,1-27H2/t28?,29?,30?,31?,32?,33?,34?,35?,36?,37?,38-,39?,40?,41?,42?,43?,44?,45?/m1/s1. The summed E-state index contributed by atoms with van der Waals surface area (Å²) < 4.78 is 0. The van der Waals surface area contributed by atoms with Gasteiger partial charge >= 0.3 is 0 Å². The summed E-state index contributed by atoms with van der Waals surface area (Å²) in [6.07, 6.45) is 43.9. The Morgan fingerprint density at radius 1 is 0.156 bits per heavy atom. The van der Waals surface area contributed by atoms with Gasteiger partial charge in [0.2, 0.25) is 0 Å². The fraction of sp³-hybridized carbons (Fsp3) is 1.00. The highest BCUT2D eigenvalue weighted by molar-refractivity contribution is 5.05. The molecule has 0 amide bonds. The zero-order valence-electron chi connectivity index (χ0n) is 29.5. The van der Waals surface area contributed by atoms with Gasteiger partial charge in [-0.1, -0.05) is 57.8 Å². The Labute approximate surface area is 279 Å². The van der Waals surface area contributed by atoms with Crippen molar-refractivity contribution < 1.29 is 0 Å². The molecule has 0 bridgehead atoms. The van der Waals surface area contributed by atoms with Gasteiger partial charge in [-0.25, -0.2) is 0 Å². The summed E-state index contributed by atoms with van der Waals surface area (Å²) in [5, 5.41) is 0. The average Bonchev–Trinajstić information content (AvgIpc) is 3.30. The Bertz CT molecular complexity index is 1010. The van der Waals surface area contributed by atoms with Crippen LogP contribution in [0.5, 0.6) is 0 Å². The van der Waals surface area contributed by atoms with Crippen molar-refractivity contribution in [3.63, 3.8) is 0 Å². The van der Waals surface area contributed by atoms with Crippen LogP contribution in [0, 0.1) is 107 Å². The molecule has 45 heavy (non-hydrogen) atoms. The van der Waals surface area contributed by atoms with E-state index in [2.05, 4.69) is 0 Å². The van der Waals surface area contributed by atoms with E-state index in [1.807, 2.05) is 0 Å². The van der Waals surface area contributed by atoms with Gasteiger partial charge < -0.3 is 0 Å². The molecule has 0 aromatic rings. The molecule has 14 atom stereocenters. The lowest BCUT2D eigenvalue weighted by Crippen LogP contribution is -2.52. The SMILES string of the molecule is C1CC2CCC3CCC(C4CCC(C5CCC([C@H]6CCC7CCCC8CCCC9CCC6C7C89)CC5)CC4)C4CCC(C1)C2C34. The third kappa shape index (κ3) is 5.13. The van der Waals surface area contributed by atoms with Crippen LogP contribution in [0.3, 0.4) is 0 Å². The lowest BCUT2D eigenvalue weighted by Gasteiger charge is -2.60. The molecule has 0 spiro atoms. The Hall–Kier alpha value is 0. The molecule has 13 unspecified atom stereocenters. The molecule has 0 aromatic carbocycles. The smallest absolute Gasteiger partial charge is 0.0321 e. The molecule has 0 heteroatoms. The van der Waals surface area contributed by atoms with Crippen molar-refractivity contribution in [3.05, 3.63) is 0 Å². The Kier molecular flexibility index (Phi) is 8.23. The van der Waals surface area contributed by atoms with Crippen molar-refractivity contribution in [1.29, 1.82) is 0 Å². The highest BCUT2D eigenvalue weighted by Crippen LogP contribution is 2.64. The quantitative estimate of drug-likeness (QED) is 0.297. The van der Waals surface area contributed by atoms with E-state index >= 15 is 0 Å².